The Morgan fingerprint density at radius 1 is 1.32 bits per heavy atom. The molecule has 1 unspecified atom stereocenters. The van der Waals surface area contributed by atoms with E-state index in [1.54, 1.807) is 10.9 Å². The van der Waals surface area contributed by atoms with Gasteiger partial charge in [-0.3, -0.25) is 4.79 Å². The van der Waals surface area contributed by atoms with Crippen molar-refractivity contribution in [2.75, 3.05) is 17.2 Å². The minimum absolute atomic E-state index is 0.100. The Labute approximate surface area is 161 Å². The molecule has 0 saturated carbocycles. The Balaban J connectivity index is 1.67. The van der Waals surface area contributed by atoms with Gasteiger partial charge >= 0.3 is 0 Å². The van der Waals surface area contributed by atoms with Gasteiger partial charge in [-0.15, -0.1) is 0 Å². The van der Waals surface area contributed by atoms with Gasteiger partial charge in [-0.2, -0.15) is 10.1 Å². The third-order valence-electron chi connectivity index (χ3n) is 4.42. The first-order chi connectivity index (χ1) is 13.6. The van der Waals surface area contributed by atoms with Crippen molar-refractivity contribution in [1.29, 1.82) is 0 Å². The predicted octanol–water partition coefficient (Wildman–Crippen LogP) is 2.81. The van der Waals surface area contributed by atoms with Crippen LogP contribution in [0, 0.1) is 0 Å². The first-order valence-electron chi connectivity index (χ1n) is 9.10. The van der Waals surface area contributed by atoms with E-state index in [0.29, 0.717) is 24.6 Å². The van der Waals surface area contributed by atoms with Crippen molar-refractivity contribution in [1.82, 2.24) is 14.8 Å². The molecule has 1 aliphatic rings. The molecule has 0 radical (unpaired) electrons. The lowest BCUT2D eigenvalue weighted by molar-refractivity contribution is -0.114. The van der Waals surface area contributed by atoms with Gasteiger partial charge in [0.1, 0.15) is 11.8 Å². The van der Waals surface area contributed by atoms with Crippen LogP contribution in [0.5, 0.6) is 0 Å². The Kier molecular flexibility index (Phi) is 4.94. The molecule has 1 aliphatic heterocycles. The zero-order chi connectivity index (χ0) is 19.5. The fraction of sp³-hybridized carbons (Fsp3) is 0.250. The number of hydrogen-bond acceptors (Lipinski definition) is 6. The summed E-state index contributed by atoms with van der Waals surface area (Å²) in [5, 5.41) is 19.7. The normalized spacial score (nSPS) is 15.5. The number of aliphatic hydroxyl groups is 1. The van der Waals surface area contributed by atoms with Crippen LogP contribution in [0.3, 0.4) is 0 Å². The number of aromatic nitrogens is 3. The zero-order valence-corrected chi connectivity index (χ0v) is 15.4. The van der Waals surface area contributed by atoms with E-state index in [0.717, 1.165) is 22.7 Å². The Hall–Kier alpha value is -3.39. The van der Waals surface area contributed by atoms with Gasteiger partial charge in [0.25, 0.3) is 0 Å². The highest BCUT2D eigenvalue weighted by molar-refractivity contribution is 5.89. The standard InChI is InChI=1S/C20H21N5O3/c1-13(27)21-15-8-6-14(7-9-15)16-12-17(18-4-3-11-28-18)25-20(22-16)23-19(24-25)5-2-10-26/h3-4,6-9,11-12,17,26H,2,5,10H2,1H3,(H,21,27)(H,22,23,24). The molecule has 0 bridgehead atoms. The van der Waals surface area contributed by atoms with Gasteiger partial charge in [-0.25, -0.2) is 4.68 Å². The minimum Gasteiger partial charge on any atom is -0.467 e. The van der Waals surface area contributed by atoms with E-state index >= 15 is 0 Å². The number of carbonyl (C=O) groups is 1. The number of amides is 1. The van der Waals surface area contributed by atoms with E-state index in [1.807, 2.05) is 42.5 Å². The third-order valence-corrected chi connectivity index (χ3v) is 4.42. The quantitative estimate of drug-likeness (QED) is 0.608. The number of aliphatic hydroxyl groups excluding tert-OH is 1. The SMILES string of the molecule is CC(=O)Nc1ccc(C2=CC(c3ccco3)n3nc(CCCO)nc3N2)cc1. The molecule has 3 N–H and O–H groups in total. The van der Waals surface area contributed by atoms with E-state index in [2.05, 4.69) is 20.7 Å². The summed E-state index contributed by atoms with van der Waals surface area (Å²) in [6.45, 7) is 1.58. The number of hydrogen-bond donors (Lipinski definition) is 3. The number of carbonyl (C=O) groups excluding carboxylic acids is 1. The van der Waals surface area contributed by atoms with E-state index in [-0.39, 0.29) is 18.6 Å². The Morgan fingerprint density at radius 2 is 2.14 bits per heavy atom. The van der Waals surface area contributed by atoms with Gasteiger partial charge in [0.2, 0.25) is 11.9 Å². The number of nitrogens with zero attached hydrogens (tertiary/aromatic N) is 3. The smallest absolute Gasteiger partial charge is 0.226 e. The lowest BCUT2D eigenvalue weighted by atomic mass is 10.1. The molecule has 0 fully saturated rings. The van der Waals surface area contributed by atoms with Crippen LogP contribution in [0.2, 0.25) is 0 Å². The van der Waals surface area contributed by atoms with Crippen LogP contribution in [0.15, 0.2) is 53.2 Å². The van der Waals surface area contributed by atoms with E-state index in [9.17, 15) is 4.79 Å². The summed E-state index contributed by atoms with van der Waals surface area (Å²) in [5.74, 6) is 1.94. The van der Waals surface area contributed by atoms with E-state index in [1.165, 1.54) is 6.92 Å². The van der Waals surface area contributed by atoms with Crippen molar-refractivity contribution in [3.8, 4) is 0 Å². The average Bonchev–Trinajstić information content (AvgIpc) is 3.35. The first-order valence-corrected chi connectivity index (χ1v) is 9.10. The molecule has 28 heavy (non-hydrogen) atoms. The maximum Gasteiger partial charge on any atom is 0.226 e. The van der Waals surface area contributed by atoms with Crippen LogP contribution >= 0.6 is 0 Å². The second-order valence-corrected chi connectivity index (χ2v) is 6.55. The summed E-state index contributed by atoms with van der Waals surface area (Å²) in [5.41, 5.74) is 2.57. The molecular weight excluding hydrogens is 358 g/mol. The largest absolute Gasteiger partial charge is 0.467 e. The average molecular weight is 379 g/mol. The number of benzene rings is 1. The number of nitrogens with one attached hydrogen (secondary N) is 2. The molecule has 2 aromatic heterocycles. The van der Waals surface area contributed by atoms with E-state index in [4.69, 9.17) is 9.52 Å². The second kappa shape index (κ2) is 7.69. The lowest BCUT2D eigenvalue weighted by Gasteiger charge is -2.22. The fourth-order valence-electron chi connectivity index (χ4n) is 3.15. The molecule has 1 amide bonds. The minimum atomic E-state index is -0.230. The zero-order valence-electron chi connectivity index (χ0n) is 15.4. The van der Waals surface area contributed by atoms with Gasteiger partial charge in [0.05, 0.1) is 6.26 Å². The Bertz CT molecular complexity index is 990. The topological polar surface area (TPSA) is 105 Å². The van der Waals surface area contributed by atoms with Crippen molar-refractivity contribution >= 4 is 23.2 Å². The summed E-state index contributed by atoms with van der Waals surface area (Å²) in [4.78, 5) is 15.8. The van der Waals surface area contributed by atoms with Crippen LogP contribution in [-0.2, 0) is 11.2 Å². The van der Waals surface area contributed by atoms with Crippen molar-refractivity contribution in [2.24, 2.45) is 0 Å². The highest BCUT2D eigenvalue weighted by atomic mass is 16.3. The molecule has 8 nitrogen and oxygen atoms in total. The molecule has 144 valence electrons. The summed E-state index contributed by atoms with van der Waals surface area (Å²) in [7, 11) is 0. The van der Waals surface area contributed by atoms with Crippen molar-refractivity contribution in [3.05, 3.63) is 65.9 Å². The molecular formula is C20H21N5O3. The number of fused-ring (bicyclic) bond motifs is 1. The lowest BCUT2D eigenvalue weighted by Crippen LogP contribution is -2.20. The van der Waals surface area contributed by atoms with Crippen LogP contribution in [0.4, 0.5) is 11.6 Å². The summed E-state index contributed by atoms with van der Waals surface area (Å²) < 4.78 is 7.41. The number of allylic oxidation sites excluding steroid dienone is 1. The number of furan rings is 1. The van der Waals surface area contributed by atoms with Gasteiger partial charge in [0.15, 0.2) is 5.82 Å². The van der Waals surface area contributed by atoms with Crippen LogP contribution < -0.4 is 10.6 Å². The maximum atomic E-state index is 11.2. The molecule has 1 atom stereocenters. The molecule has 3 heterocycles. The van der Waals surface area contributed by atoms with Crippen molar-refractivity contribution in [2.45, 2.75) is 25.8 Å². The molecule has 8 heteroatoms. The first kappa shape index (κ1) is 18.0. The van der Waals surface area contributed by atoms with Crippen LogP contribution in [0.1, 0.15) is 36.5 Å². The molecule has 4 rings (SSSR count). The van der Waals surface area contributed by atoms with Gasteiger partial charge in [-0.05, 0) is 42.3 Å². The van der Waals surface area contributed by atoms with E-state index < -0.39 is 0 Å². The molecule has 0 saturated heterocycles. The van der Waals surface area contributed by atoms with Crippen LogP contribution in [0.25, 0.3) is 5.70 Å². The molecule has 1 aromatic carbocycles. The molecule has 0 aliphatic carbocycles. The third kappa shape index (κ3) is 3.67. The number of anilines is 2. The van der Waals surface area contributed by atoms with Gasteiger partial charge < -0.3 is 20.2 Å². The van der Waals surface area contributed by atoms with Crippen molar-refractivity contribution in [3.63, 3.8) is 0 Å². The highest BCUT2D eigenvalue weighted by Crippen LogP contribution is 2.33. The predicted molar refractivity (Wildman–Crippen MR) is 105 cm³/mol. The van der Waals surface area contributed by atoms with Gasteiger partial charge in [0, 0.05) is 31.3 Å². The van der Waals surface area contributed by atoms with Gasteiger partial charge in [-0.1, -0.05) is 12.1 Å². The summed E-state index contributed by atoms with van der Waals surface area (Å²) in [6, 6.07) is 11.1. The highest BCUT2D eigenvalue weighted by Gasteiger charge is 2.26. The second-order valence-electron chi connectivity index (χ2n) is 6.55. The summed E-state index contributed by atoms with van der Waals surface area (Å²) in [6.07, 6.45) is 4.88. The number of rotatable bonds is 6. The molecule has 3 aromatic rings. The Morgan fingerprint density at radius 3 is 2.82 bits per heavy atom. The summed E-state index contributed by atoms with van der Waals surface area (Å²) >= 11 is 0. The van der Waals surface area contributed by atoms with Crippen molar-refractivity contribution < 1.29 is 14.3 Å². The van der Waals surface area contributed by atoms with Crippen LogP contribution in [-0.4, -0.2) is 32.4 Å². The number of aryl methyl sites for hydroxylation is 1. The maximum absolute atomic E-state index is 11.2. The fourth-order valence-corrected chi connectivity index (χ4v) is 3.15. The monoisotopic (exact) mass is 379 g/mol. The molecule has 0 spiro atoms.